The summed E-state index contributed by atoms with van der Waals surface area (Å²) >= 11 is 0. The van der Waals surface area contributed by atoms with Crippen LogP contribution in [-0.4, -0.2) is 54.5 Å². The molecule has 1 saturated heterocycles. The number of piperazine rings is 1. The van der Waals surface area contributed by atoms with Crippen LogP contribution in [-0.2, 0) is 11.2 Å². The van der Waals surface area contributed by atoms with E-state index in [9.17, 15) is 4.79 Å². The van der Waals surface area contributed by atoms with Gasteiger partial charge in [-0.25, -0.2) is 0 Å². The lowest BCUT2D eigenvalue weighted by Gasteiger charge is -2.35. The molecule has 2 rings (SSSR count). The van der Waals surface area contributed by atoms with Crippen molar-refractivity contribution in [2.45, 2.75) is 18.9 Å². The van der Waals surface area contributed by atoms with Gasteiger partial charge in [0, 0.05) is 39.1 Å². The van der Waals surface area contributed by atoms with Gasteiger partial charge in [0.25, 0.3) is 0 Å². The Morgan fingerprint density at radius 2 is 1.90 bits per heavy atom. The van der Waals surface area contributed by atoms with Gasteiger partial charge in [0.1, 0.15) is 0 Å². The minimum absolute atomic E-state index is 0.0267. The number of nitriles is 1. The third-order valence-electron chi connectivity index (χ3n) is 3.84. The van der Waals surface area contributed by atoms with Gasteiger partial charge in [0.2, 0.25) is 5.91 Å². The highest BCUT2D eigenvalue weighted by Crippen LogP contribution is 2.07. The van der Waals surface area contributed by atoms with E-state index in [2.05, 4.69) is 11.0 Å². The molecule has 0 aromatic heterocycles. The van der Waals surface area contributed by atoms with E-state index in [1.165, 1.54) is 0 Å². The van der Waals surface area contributed by atoms with E-state index in [4.69, 9.17) is 11.0 Å². The molecule has 1 fully saturated rings. The van der Waals surface area contributed by atoms with Crippen LogP contribution < -0.4 is 5.73 Å². The first kappa shape index (κ1) is 15.5. The van der Waals surface area contributed by atoms with Crippen molar-refractivity contribution in [3.63, 3.8) is 0 Å². The average Bonchev–Trinajstić information content (AvgIpc) is 2.53. The summed E-state index contributed by atoms with van der Waals surface area (Å²) < 4.78 is 0. The average molecular weight is 286 g/mol. The Labute approximate surface area is 125 Å². The Morgan fingerprint density at radius 3 is 2.52 bits per heavy atom. The summed E-state index contributed by atoms with van der Waals surface area (Å²) in [6.45, 7) is 3.84. The highest BCUT2D eigenvalue weighted by Gasteiger charge is 2.25. The Kier molecular flexibility index (Phi) is 5.73. The monoisotopic (exact) mass is 286 g/mol. The van der Waals surface area contributed by atoms with Gasteiger partial charge in [-0.1, -0.05) is 30.3 Å². The SMILES string of the molecule is N#CCCN1CCN(C(=O)C(N)Cc2ccccc2)CC1. The Morgan fingerprint density at radius 1 is 1.24 bits per heavy atom. The van der Waals surface area contributed by atoms with Crippen molar-refractivity contribution in [2.24, 2.45) is 5.73 Å². The van der Waals surface area contributed by atoms with E-state index in [1.807, 2.05) is 35.2 Å². The first-order chi connectivity index (χ1) is 10.2. The van der Waals surface area contributed by atoms with Crippen molar-refractivity contribution in [1.29, 1.82) is 5.26 Å². The molecule has 1 atom stereocenters. The largest absolute Gasteiger partial charge is 0.339 e. The number of hydrogen-bond acceptors (Lipinski definition) is 4. The highest BCUT2D eigenvalue weighted by atomic mass is 16.2. The minimum Gasteiger partial charge on any atom is -0.339 e. The number of nitrogens with zero attached hydrogens (tertiary/aromatic N) is 3. The molecule has 0 saturated carbocycles. The second kappa shape index (κ2) is 7.77. The molecule has 1 heterocycles. The van der Waals surface area contributed by atoms with Crippen molar-refractivity contribution in [2.75, 3.05) is 32.7 Å². The van der Waals surface area contributed by atoms with Gasteiger partial charge in [-0.15, -0.1) is 0 Å². The van der Waals surface area contributed by atoms with Gasteiger partial charge in [0.15, 0.2) is 0 Å². The van der Waals surface area contributed by atoms with Gasteiger partial charge >= 0.3 is 0 Å². The van der Waals surface area contributed by atoms with E-state index in [1.54, 1.807) is 0 Å². The zero-order valence-electron chi connectivity index (χ0n) is 12.2. The molecule has 0 radical (unpaired) electrons. The molecule has 1 aliphatic rings. The summed E-state index contributed by atoms with van der Waals surface area (Å²) in [6, 6.07) is 11.5. The maximum Gasteiger partial charge on any atom is 0.239 e. The summed E-state index contributed by atoms with van der Waals surface area (Å²) in [5.74, 6) is 0.0267. The molecule has 5 heteroatoms. The minimum atomic E-state index is -0.474. The number of rotatable bonds is 5. The summed E-state index contributed by atoms with van der Waals surface area (Å²) in [5.41, 5.74) is 7.14. The van der Waals surface area contributed by atoms with E-state index in [-0.39, 0.29) is 5.91 Å². The van der Waals surface area contributed by atoms with Crippen LogP contribution in [0.3, 0.4) is 0 Å². The van der Waals surface area contributed by atoms with Crippen LogP contribution >= 0.6 is 0 Å². The highest BCUT2D eigenvalue weighted by molar-refractivity contribution is 5.82. The molecule has 0 aliphatic carbocycles. The van der Waals surface area contributed by atoms with Crippen molar-refractivity contribution in [1.82, 2.24) is 9.80 Å². The maximum atomic E-state index is 12.4. The molecule has 5 nitrogen and oxygen atoms in total. The van der Waals surface area contributed by atoms with Crippen LogP contribution in [0, 0.1) is 11.3 Å². The Bertz CT molecular complexity index is 489. The van der Waals surface area contributed by atoms with Crippen molar-refractivity contribution >= 4 is 5.91 Å². The molecule has 0 bridgehead atoms. The fourth-order valence-electron chi connectivity index (χ4n) is 2.59. The number of nitrogens with two attached hydrogens (primary N) is 1. The lowest BCUT2D eigenvalue weighted by Crippen LogP contribution is -2.53. The predicted molar refractivity (Wildman–Crippen MR) is 81.4 cm³/mol. The van der Waals surface area contributed by atoms with Crippen molar-refractivity contribution < 1.29 is 4.79 Å². The third-order valence-corrected chi connectivity index (χ3v) is 3.84. The van der Waals surface area contributed by atoms with Crippen LogP contribution in [0.15, 0.2) is 30.3 Å². The fraction of sp³-hybridized carbons (Fsp3) is 0.500. The Hall–Kier alpha value is -1.90. The molecule has 1 unspecified atom stereocenters. The van der Waals surface area contributed by atoms with Crippen molar-refractivity contribution in [3.05, 3.63) is 35.9 Å². The second-order valence-corrected chi connectivity index (χ2v) is 5.37. The van der Waals surface area contributed by atoms with Crippen LogP contribution in [0.2, 0.25) is 0 Å². The first-order valence-corrected chi connectivity index (χ1v) is 7.38. The third kappa shape index (κ3) is 4.55. The maximum absolute atomic E-state index is 12.4. The second-order valence-electron chi connectivity index (χ2n) is 5.37. The number of benzene rings is 1. The van der Waals surface area contributed by atoms with Crippen LogP contribution in [0.1, 0.15) is 12.0 Å². The van der Waals surface area contributed by atoms with Crippen LogP contribution in [0.4, 0.5) is 0 Å². The fourth-order valence-corrected chi connectivity index (χ4v) is 2.59. The topological polar surface area (TPSA) is 73.4 Å². The molecular formula is C16H22N4O. The summed E-state index contributed by atoms with van der Waals surface area (Å²) in [7, 11) is 0. The quantitative estimate of drug-likeness (QED) is 0.861. The molecule has 1 aromatic rings. The lowest BCUT2D eigenvalue weighted by molar-refractivity contribution is -0.134. The van der Waals surface area contributed by atoms with Gasteiger partial charge in [-0.2, -0.15) is 5.26 Å². The smallest absolute Gasteiger partial charge is 0.239 e. The molecule has 21 heavy (non-hydrogen) atoms. The molecule has 2 N–H and O–H groups in total. The normalized spacial score (nSPS) is 17.2. The first-order valence-electron chi connectivity index (χ1n) is 7.38. The van der Waals surface area contributed by atoms with Crippen molar-refractivity contribution in [3.8, 4) is 6.07 Å². The van der Waals surface area contributed by atoms with Crippen LogP contribution in [0.5, 0.6) is 0 Å². The number of carbonyl (C=O) groups is 1. The molecule has 0 spiro atoms. The summed E-state index contributed by atoms with van der Waals surface area (Å²) in [5, 5.41) is 8.59. The van der Waals surface area contributed by atoms with E-state index in [0.717, 1.165) is 25.2 Å². The lowest BCUT2D eigenvalue weighted by atomic mass is 10.1. The standard InChI is InChI=1S/C16H22N4O/c17-7-4-8-19-9-11-20(12-10-19)16(21)15(18)13-14-5-2-1-3-6-14/h1-3,5-6,15H,4,8-13,18H2. The van der Waals surface area contributed by atoms with Gasteiger partial charge in [0.05, 0.1) is 12.1 Å². The molecule has 112 valence electrons. The summed E-state index contributed by atoms with van der Waals surface area (Å²) in [6.07, 6.45) is 1.12. The van der Waals surface area contributed by atoms with Gasteiger partial charge in [-0.05, 0) is 12.0 Å². The predicted octanol–water partition coefficient (Wildman–Crippen LogP) is 0.614. The van der Waals surface area contributed by atoms with E-state index >= 15 is 0 Å². The van der Waals surface area contributed by atoms with Gasteiger partial charge in [-0.3, -0.25) is 9.69 Å². The zero-order chi connectivity index (χ0) is 15.1. The number of carbonyl (C=O) groups excluding carboxylic acids is 1. The van der Waals surface area contributed by atoms with E-state index in [0.29, 0.717) is 25.9 Å². The summed E-state index contributed by atoms with van der Waals surface area (Å²) in [4.78, 5) is 16.4. The number of amides is 1. The Balaban J connectivity index is 1.80. The molecular weight excluding hydrogens is 264 g/mol. The molecule has 1 amide bonds. The number of hydrogen-bond donors (Lipinski definition) is 1. The van der Waals surface area contributed by atoms with Gasteiger partial charge < -0.3 is 10.6 Å². The van der Waals surface area contributed by atoms with Crippen LogP contribution in [0.25, 0.3) is 0 Å². The molecule has 1 aromatic carbocycles. The molecule has 1 aliphatic heterocycles. The van der Waals surface area contributed by atoms with E-state index < -0.39 is 6.04 Å². The zero-order valence-corrected chi connectivity index (χ0v) is 12.2.